The molecule has 9 heteroatoms. The summed E-state index contributed by atoms with van der Waals surface area (Å²) in [5, 5.41) is 21.6. The van der Waals surface area contributed by atoms with Crippen LogP contribution in [0, 0.1) is 0 Å². The van der Waals surface area contributed by atoms with Gasteiger partial charge in [0.1, 0.15) is 5.75 Å². The second kappa shape index (κ2) is 23.3. The van der Waals surface area contributed by atoms with Crippen molar-refractivity contribution in [3.05, 3.63) is 83.4 Å². The number of hydrogen-bond donors (Lipinski definition) is 3. The number of ketones is 1. The Hall–Kier alpha value is -4.11. The van der Waals surface area contributed by atoms with Gasteiger partial charge in [0.05, 0.1) is 24.2 Å². The lowest BCUT2D eigenvalue weighted by Gasteiger charge is -2.11. The highest BCUT2D eigenvalue weighted by atomic mass is 32.2. The van der Waals surface area contributed by atoms with E-state index in [1.54, 1.807) is 42.5 Å². The summed E-state index contributed by atoms with van der Waals surface area (Å²) in [6.45, 7) is 2.89. The number of carbonyl (C=O) groups excluding carboxylic acids is 2. The molecule has 270 valence electrons. The first-order valence-electron chi connectivity index (χ1n) is 18.2. The maximum absolute atomic E-state index is 12.7. The Labute approximate surface area is 301 Å². The molecule has 3 aromatic rings. The fourth-order valence-corrected chi connectivity index (χ4v) is 6.69. The minimum Gasteiger partial charge on any atom is -0.494 e. The summed E-state index contributed by atoms with van der Waals surface area (Å²) in [5.41, 5.74) is 0.654. The maximum Gasteiger partial charge on any atom is 0.336 e. The lowest BCUT2D eigenvalue weighted by atomic mass is 10.0. The van der Waals surface area contributed by atoms with Crippen LogP contribution in [0.3, 0.4) is 0 Å². The number of aromatic carboxylic acids is 2. The molecule has 0 spiro atoms. The molecule has 0 fully saturated rings. The van der Waals surface area contributed by atoms with Crippen LogP contribution in [0.2, 0.25) is 0 Å². The molecule has 0 saturated carbocycles. The topological polar surface area (TPSA) is 130 Å². The van der Waals surface area contributed by atoms with Gasteiger partial charge in [0.15, 0.2) is 5.78 Å². The van der Waals surface area contributed by atoms with Gasteiger partial charge in [-0.05, 0) is 67.1 Å². The number of carbonyl (C=O) groups is 4. The molecular formula is C41H53NO7S. The number of rotatable bonds is 26. The first-order valence-corrected chi connectivity index (χ1v) is 19.0. The predicted molar refractivity (Wildman–Crippen MR) is 200 cm³/mol. The molecule has 0 radical (unpaired) electrons. The van der Waals surface area contributed by atoms with Gasteiger partial charge in [0.25, 0.3) is 0 Å². The summed E-state index contributed by atoms with van der Waals surface area (Å²) in [5.74, 6) is -2.53. The monoisotopic (exact) mass is 703 g/mol. The van der Waals surface area contributed by atoms with Gasteiger partial charge in [-0.15, -0.1) is 0 Å². The van der Waals surface area contributed by atoms with Crippen molar-refractivity contribution >= 4 is 41.1 Å². The summed E-state index contributed by atoms with van der Waals surface area (Å²) >= 11 is 1.10. The first kappa shape index (κ1) is 40.3. The summed E-state index contributed by atoms with van der Waals surface area (Å²) in [4.78, 5) is 49.5. The van der Waals surface area contributed by atoms with Crippen LogP contribution in [0.4, 0.5) is 5.69 Å². The van der Waals surface area contributed by atoms with Crippen molar-refractivity contribution in [1.29, 1.82) is 0 Å². The largest absolute Gasteiger partial charge is 0.494 e. The van der Waals surface area contributed by atoms with Crippen LogP contribution in [-0.2, 0) is 4.79 Å². The molecule has 0 bridgehead atoms. The molecule has 0 unspecified atom stereocenters. The Balaban J connectivity index is 1.30. The number of unbranched alkanes of at least 4 members (excludes halogenated alkanes) is 15. The van der Waals surface area contributed by atoms with Gasteiger partial charge in [-0.25, -0.2) is 9.59 Å². The summed E-state index contributed by atoms with van der Waals surface area (Å²) in [7, 11) is 0. The van der Waals surface area contributed by atoms with Crippen molar-refractivity contribution in [2.45, 2.75) is 126 Å². The number of carboxylic acids is 2. The highest BCUT2D eigenvalue weighted by Gasteiger charge is 2.16. The van der Waals surface area contributed by atoms with Crippen LogP contribution in [-0.4, -0.2) is 40.4 Å². The zero-order valence-corrected chi connectivity index (χ0v) is 30.2. The lowest BCUT2D eigenvalue weighted by molar-refractivity contribution is -0.115. The molecule has 0 aliphatic carbocycles. The van der Waals surface area contributed by atoms with E-state index < -0.39 is 24.3 Å². The van der Waals surface area contributed by atoms with Crippen LogP contribution in [0.15, 0.2) is 76.5 Å². The second-order valence-electron chi connectivity index (χ2n) is 12.8. The highest BCUT2D eigenvalue weighted by Crippen LogP contribution is 2.33. The molecule has 3 aromatic carbocycles. The van der Waals surface area contributed by atoms with E-state index in [4.69, 9.17) is 4.74 Å². The van der Waals surface area contributed by atoms with E-state index >= 15 is 0 Å². The average Bonchev–Trinajstić information content (AvgIpc) is 3.10. The van der Waals surface area contributed by atoms with Crippen molar-refractivity contribution in [3.63, 3.8) is 0 Å². The van der Waals surface area contributed by atoms with Gasteiger partial charge in [0.2, 0.25) is 5.91 Å². The smallest absolute Gasteiger partial charge is 0.336 e. The molecule has 1 amide bonds. The number of benzene rings is 3. The maximum atomic E-state index is 12.7. The Kier molecular flexibility index (Phi) is 18.8. The fraction of sp³-hybridized carbons (Fsp3) is 0.463. The summed E-state index contributed by atoms with van der Waals surface area (Å²) in [6, 6.07) is 17.3. The summed E-state index contributed by atoms with van der Waals surface area (Å²) in [6.07, 6.45) is 20.7. The van der Waals surface area contributed by atoms with Gasteiger partial charge in [0, 0.05) is 21.0 Å². The Morgan fingerprint density at radius 3 is 1.78 bits per heavy atom. The van der Waals surface area contributed by atoms with E-state index in [9.17, 15) is 29.4 Å². The Bertz CT molecular complexity index is 1510. The van der Waals surface area contributed by atoms with Crippen molar-refractivity contribution in [2.24, 2.45) is 0 Å². The van der Waals surface area contributed by atoms with Crippen LogP contribution >= 0.6 is 11.8 Å². The zero-order valence-electron chi connectivity index (χ0n) is 29.4. The first-order chi connectivity index (χ1) is 24.3. The number of ether oxygens (including phenoxy) is 1. The van der Waals surface area contributed by atoms with E-state index in [1.807, 2.05) is 0 Å². The Morgan fingerprint density at radius 2 is 1.22 bits per heavy atom. The number of Topliss-reactive ketones (excluding diaryl/α,β-unsaturated/α-hetero) is 1. The minimum atomic E-state index is -1.20. The molecular weight excluding hydrogens is 651 g/mol. The molecule has 3 N–H and O–H groups in total. The van der Waals surface area contributed by atoms with Crippen LogP contribution in [0.1, 0.15) is 147 Å². The second-order valence-corrected chi connectivity index (χ2v) is 13.9. The molecule has 50 heavy (non-hydrogen) atoms. The lowest BCUT2D eigenvalue weighted by Crippen LogP contribution is -2.17. The molecule has 0 aliphatic rings. The highest BCUT2D eigenvalue weighted by molar-refractivity contribution is 7.99. The number of amides is 1. The predicted octanol–water partition coefficient (Wildman–Crippen LogP) is 11.1. The number of anilines is 1. The van der Waals surface area contributed by atoms with Crippen LogP contribution < -0.4 is 10.1 Å². The van der Waals surface area contributed by atoms with Crippen molar-refractivity contribution in [2.75, 3.05) is 11.9 Å². The summed E-state index contributed by atoms with van der Waals surface area (Å²) < 4.78 is 5.85. The minimum absolute atomic E-state index is 0.0602. The van der Waals surface area contributed by atoms with Gasteiger partial charge in [-0.2, -0.15) is 0 Å². The van der Waals surface area contributed by atoms with Gasteiger partial charge in [-0.3, -0.25) is 9.59 Å². The van der Waals surface area contributed by atoms with E-state index in [2.05, 4.69) is 12.2 Å². The van der Waals surface area contributed by atoms with E-state index in [-0.39, 0.29) is 22.6 Å². The molecule has 0 saturated heterocycles. The Morgan fingerprint density at radius 1 is 0.640 bits per heavy atom. The number of carboxylic acid groups (broad SMARTS) is 2. The third-order valence-electron chi connectivity index (χ3n) is 8.57. The molecule has 3 rings (SSSR count). The normalized spacial score (nSPS) is 10.9. The van der Waals surface area contributed by atoms with E-state index in [1.165, 1.54) is 114 Å². The molecule has 0 aliphatic heterocycles. The van der Waals surface area contributed by atoms with E-state index in [0.717, 1.165) is 24.6 Å². The third kappa shape index (κ3) is 15.6. The molecule has 0 heterocycles. The number of nitrogens with one attached hydrogen (secondary N) is 1. The van der Waals surface area contributed by atoms with Crippen LogP contribution in [0.25, 0.3) is 0 Å². The third-order valence-corrected chi connectivity index (χ3v) is 9.63. The fourth-order valence-electron chi connectivity index (χ4n) is 5.71. The van der Waals surface area contributed by atoms with Gasteiger partial charge < -0.3 is 20.3 Å². The van der Waals surface area contributed by atoms with E-state index in [0.29, 0.717) is 27.7 Å². The van der Waals surface area contributed by atoms with Crippen LogP contribution in [0.5, 0.6) is 5.75 Å². The van der Waals surface area contributed by atoms with Crippen molar-refractivity contribution in [1.82, 2.24) is 0 Å². The SMILES string of the molecule is CCCCCCCCCCCCCCCCCCOc1ccc(C(=O)CC(=O)Nc2ccc(Sc3cccc(C(=O)O)c3)c(C(=O)O)c2)cc1. The van der Waals surface area contributed by atoms with Gasteiger partial charge in [-0.1, -0.05) is 121 Å². The number of hydrogen-bond acceptors (Lipinski definition) is 6. The molecule has 0 atom stereocenters. The van der Waals surface area contributed by atoms with Gasteiger partial charge >= 0.3 is 11.9 Å². The standard InChI is InChI=1S/C41H53NO7S/c1-2-3-4-5-6-7-8-9-10-11-12-13-14-15-16-17-27-49-34-24-21-31(22-25-34)37(43)30-39(44)42-33-23-26-38(36(29-33)41(47)48)50-35-20-18-19-32(28-35)40(45)46/h18-26,28-29H,2-17,27,30H2,1H3,(H,42,44)(H,45,46)(H,47,48). The average molecular weight is 704 g/mol. The molecule has 0 aromatic heterocycles. The molecule has 8 nitrogen and oxygen atoms in total. The van der Waals surface area contributed by atoms with Crippen molar-refractivity contribution < 1.29 is 34.1 Å². The van der Waals surface area contributed by atoms with Crippen molar-refractivity contribution in [3.8, 4) is 5.75 Å². The quantitative estimate of drug-likeness (QED) is 0.0428. The zero-order chi connectivity index (χ0) is 36.0.